The lowest BCUT2D eigenvalue weighted by Crippen LogP contribution is -2.32. The van der Waals surface area contributed by atoms with Crippen LogP contribution in [0.3, 0.4) is 0 Å². The van der Waals surface area contributed by atoms with Crippen LogP contribution >= 0.6 is 0 Å². The summed E-state index contributed by atoms with van der Waals surface area (Å²) in [5.74, 6) is 0.788. The van der Waals surface area contributed by atoms with Gasteiger partial charge in [0.25, 0.3) is 0 Å². The third-order valence-corrected chi connectivity index (χ3v) is 7.02. The van der Waals surface area contributed by atoms with Crippen LogP contribution in [0.2, 0.25) is 0 Å². The molecule has 1 amide bonds. The van der Waals surface area contributed by atoms with Crippen LogP contribution in [-0.2, 0) is 4.79 Å². The van der Waals surface area contributed by atoms with Gasteiger partial charge in [-0.3, -0.25) is 4.79 Å². The molecule has 2 atom stereocenters. The van der Waals surface area contributed by atoms with Gasteiger partial charge >= 0.3 is 0 Å². The van der Waals surface area contributed by atoms with Gasteiger partial charge in [-0.05, 0) is 56.7 Å². The van der Waals surface area contributed by atoms with Gasteiger partial charge in [0.2, 0.25) is 5.91 Å². The van der Waals surface area contributed by atoms with E-state index in [0.29, 0.717) is 46.1 Å². The van der Waals surface area contributed by atoms with Gasteiger partial charge in [-0.1, -0.05) is 6.58 Å². The number of aromatic nitrogens is 6. The molecule has 1 N–H and O–H groups in total. The number of rotatable bonds is 6. The van der Waals surface area contributed by atoms with E-state index in [1.807, 2.05) is 19.1 Å². The quantitative estimate of drug-likeness (QED) is 0.311. The molecule has 0 saturated carbocycles. The van der Waals surface area contributed by atoms with E-state index in [2.05, 4.69) is 31.9 Å². The number of benzene rings is 1. The first-order valence-electron chi connectivity index (χ1n) is 12.5. The lowest BCUT2D eigenvalue weighted by Gasteiger charge is -2.19. The Balaban J connectivity index is 1.27. The number of anilines is 2. The molecule has 1 aromatic carbocycles. The Kier molecular flexibility index (Phi) is 6.10. The van der Waals surface area contributed by atoms with E-state index < -0.39 is 5.82 Å². The average Bonchev–Trinajstić information content (AvgIpc) is 3.58. The van der Waals surface area contributed by atoms with Crippen LogP contribution in [-0.4, -0.2) is 52.9 Å². The maximum atomic E-state index is 15.5. The fourth-order valence-electron chi connectivity index (χ4n) is 4.93. The molecule has 0 bridgehead atoms. The van der Waals surface area contributed by atoms with Crippen LogP contribution in [0.1, 0.15) is 30.5 Å². The monoisotopic (exact) mass is 524 g/mol. The highest BCUT2D eigenvalue weighted by molar-refractivity contribution is 5.88. The molecule has 0 radical (unpaired) electrons. The molecule has 6 rings (SSSR count). The Morgan fingerprint density at radius 3 is 2.90 bits per heavy atom. The van der Waals surface area contributed by atoms with Crippen molar-refractivity contribution in [3.05, 3.63) is 85.0 Å². The highest BCUT2D eigenvalue weighted by Gasteiger charge is 2.33. The number of ether oxygens (including phenoxy) is 1. The Bertz CT molecular complexity index is 1740. The number of amides is 1. The van der Waals surface area contributed by atoms with Gasteiger partial charge < -0.3 is 15.0 Å². The average molecular weight is 525 g/mol. The predicted octanol–water partition coefficient (Wildman–Crippen LogP) is 4.94. The van der Waals surface area contributed by atoms with Gasteiger partial charge in [-0.25, -0.2) is 28.8 Å². The van der Waals surface area contributed by atoms with Crippen LogP contribution in [0.15, 0.2) is 67.9 Å². The van der Waals surface area contributed by atoms with Crippen molar-refractivity contribution in [2.45, 2.75) is 32.2 Å². The van der Waals surface area contributed by atoms with E-state index in [4.69, 9.17) is 9.72 Å². The zero-order valence-electron chi connectivity index (χ0n) is 21.4. The number of pyridine rings is 2. The van der Waals surface area contributed by atoms with Crippen molar-refractivity contribution in [3.63, 3.8) is 0 Å². The summed E-state index contributed by atoms with van der Waals surface area (Å²) in [7, 11) is 0. The molecule has 5 aromatic rings. The molecule has 11 heteroatoms. The van der Waals surface area contributed by atoms with E-state index in [-0.39, 0.29) is 23.6 Å². The lowest BCUT2D eigenvalue weighted by atomic mass is 10.0. The molecule has 5 heterocycles. The smallest absolute Gasteiger partial charge is 0.246 e. The zero-order chi connectivity index (χ0) is 27.1. The lowest BCUT2D eigenvalue weighted by molar-refractivity contribution is -0.126. The summed E-state index contributed by atoms with van der Waals surface area (Å²) in [6, 6.07) is 10.6. The molecule has 196 valence electrons. The molecule has 1 aliphatic rings. The fraction of sp³-hybridized carbons (Fsp3) is 0.214. The number of nitrogens with zero attached hydrogens (tertiary/aromatic N) is 7. The second kappa shape index (κ2) is 9.75. The minimum atomic E-state index is -0.470. The van der Waals surface area contributed by atoms with Gasteiger partial charge in [0.1, 0.15) is 29.7 Å². The number of halogens is 1. The third kappa shape index (κ3) is 4.52. The summed E-state index contributed by atoms with van der Waals surface area (Å²) >= 11 is 0. The maximum absolute atomic E-state index is 15.5. The largest absolute Gasteiger partial charge is 0.457 e. The van der Waals surface area contributed by atoms with Crippen molar-refractivity contribution >= 4 is 34.1 Å². The summed E-state index contributed by atoms with van der Waals surface area (Å²) in [6.07, 6.45) is 6.71. The van der Waals surface area contributed by atoms with E-state index in [1.165, 1.54) is 18.7 Å². The number of likely N-dealkylation sites (tertiary alicyclic amines) is 1. The highest BCUT2D eigenvalue weighted by atomic mass is 19.1. The van der Waals surface area contributed by atoms with E-state index >= 15 is 4.39 Å². The molecule has 4 aromatic heterocycles. The van der Waals surface area contributed by atoms with E-state index in [9.17, 15) is 4.79 Å². The van der Waals surface area contributed by atoms with Gasteiger partial charge in [0.05, 0.1) is 11.2 Å². The topological polar surface area (TPSA) is 110 Å². The number of fused-ring (bicyclic) bond motifs is 2. The first-order valence-corrected chi connectivity index (χ1v) is 12.5. The van der Waals surface area contributed by atoms with Crippen LogP contribution in [0.4, 0.5) is 15.9 Å². The van der Waals surface area contributed by atoms with Crippen LogP contribution in [0.5, 0.6) is 11.5 Å². The minimum absolute atomic E-state index is 0.0637. The van der Waals surface area contributed by atoms with Crippen molar-refractivity contribution in [3.8, 4) is 11.5 Å². The number of carbonyl (C=O) groups is 1. The second-order valence-electron chi connectivity index (χ2n) is 9.51. The molecule has 10 nitrogen and oxygen atoms in total. The molecular weight excluding hydrogens is 499 g/mol. The van der Waals surface area contributed by atoms with Gasteiger partial charge in [0.15, 0.2) is 17.3 Å². The second-order valence-corrected chi connectivity index (χ2v) is 9.51. The third-order valence-electron chi connectivity index (χ3n) is 7.02. The van der Waals surface area contributed by atoms with Gasteiger partial charge in [0, 0.05) is 42.0 Å². The molecule has 39 heavy (non-hydrogen) atoms. The van der Waals surface area contributed by atoms with Crippen LogP contribution in [0, 0.1) is 12.7 Å². The molecule has 0 unspecified atom stereocenters. The number of hydrogen-bond acceptors (Lipinski definition) is 8. The van der Waals surface area contributed by atoms with Crippen LogP contribution < -0.4 is 10.1 Å². The van der Waals surface area contributed by atoms with Crippen molar-refractivity contribution in [1.82, 2.24) is 34.4 Å². The van der Waals surface area contributed by atoms with Gasteiger partial charge in [-0.15, -0.1) is 0 Å². The van der Waals surface area contributed by atoms with Gasteiger partial charge in [-0.2, -0.15) is 5.10 Å². The molecular formula is C28H25FN8O2. The van der Waals surface area contributed by atoms with E-state index in [0.717, 1.165) is 12.1 Å². The van der Waals surface area contributed by atoms with Crippen molar-refractivity contribution < 1.29 is 13.9 Å². The summed E-state index contributed by atoms with van der Waals surface area (Å²) < 4.78 is 23.0. The summed E-state index contributed by atoms with van der Waals surface area (Å²) in [4.78, 5) is 31.7. The Hall–Kier alpha value is -4.93. The molecule has 1 fully saturated rings. The van der Waals surface area contributed by atoms with Crippen molar-refractivity contribution in [2.75, 3.05) is 11.9 Å². The summed E-state index contributed by atoms with van der Waals surface area (Å²) in [6.45, 7) is 7.83. The number of nitrogens with one attached hydrogen (secondary N) is 1. The number of hydrogen-bond donors (Lipinski definition) is 1. The zero-order valence-corrected chi connectivity index (χ0v) is 21.4. The minimum Gasteiger partial charge on any atom is -0.457 e. The maximum Gasteiger partial charge on any atom is 0.246 e. The highest BCUT2D eigenvalue weighted by Crippen LogP contribution is 2.35. The number of carbonyl (C=O) groups excluding carboxylic acids is 1. The first kappa shape index (κ1) is 24.4. The first-order chi connectivity index (χ1) is 18.9. The van der Waals surface area contributed by atoms with Crippen molar-refractivity contribution in [1.29, 1.82) is 0 Å². The Morgan fingerprint density at radius 1 is 1.18 bits per heavy atom. The van der Waals surface area contributed by atoms with E-state index in [1.54, 1.807) is 46.8 Å². The molecule has 0 aliphatic carbocycles. The molecule has 1 saturated heterocycles. The predicted molar refractivity (Wildman–Crippen MR) is 144 cm³/mol. The standard InChI is InChI=1S/C28H25FN8O2/c1-4-25(38)36-13-18(11-16(36)2)20-5-6-22-27(34-20)28(32-14-30-22)35-21-7-8-23(17(3)26(21)29)39-19-9-10-37-24(12-19)31-15-33-37/h4-10,12,14-16,18H,1,11,13H2,2-3H3,(H,30,32,35)/t16-,18-/m0/s1. The van der Waals surface area contributed by atoms with Crippen LogP contribution in [0.25, 0.3) is 16.7 Å². The summed E-state index contributed by atoms with van der Waals surface area (Å²) in [5, 5.41) is 7.15. The molecule has 0 spiro atoms. The summed E-state index contributed by atoms with van der Waals surface area (Å²) in [5.41, 5.74) is 3.17. The Labute approximate surface area is 223 Å². The SMILES string of the molecule is C=CC(=O)N1C[C@@H](c2ccc3ncnc(Nc4ccc(Oc5ccn6ncnc6c5)c(C)c4F)c3n2)C[C@@H]1C. The normalized spacial score (nSPS) is 17.1. The fourth-order valence-corrected chi connectivity index (χ4v) is 4.93. The molecule has 1 aliphatic heterocycles. The Morgan fingerprint density at radius 2 is 2.05 bits per heavy atom. The van der Waals surface area contributed by atoms with Crippen molar-refractivity contribution in [2.24, 2.45) is 0 Å².